The second-order valence-electron chi connectivity index (χ2n) is 1.75. The monoisotopic (exact) mass is 125 g/mol. The third-order valence-electron chi connectivity index (χ3n) is 0.925. The lowest BCUT2D eigenvalue weighted by Gasteiger charge is -1.78. The summed E-state index contributed by atoms with van der Waals surface area (Å²) in [7, 11) is 0. The lowest BCUT2D eigenvalue weighted by Crippen LogP contribution is -1.84. The molecule has 0 unspecified atom stereocenters. The van der Waals surface area contributed by atoms with Gasteiger partial charge in [-0.25, -0.2) is 4.98 Å². The number of nitrogens with zero attached hydrogens (tertiary/aromatic N) is 1. The Kier molecular flexibility index (Phi) is 1.63. The second kappa shape index (κ2) is 2.44. The summed E-state index contributed by atoms with van der Waals surface area (Å²) in [5.41, 5.74) is 0.812. The largest absolute Gasteiger partial charge is 0.448 e. The van der Waals surface area contributed by atoms with Gasteiger partial charge in [0.05, 0.1) is 12.1 Å². The molecule has 0 saturated carbocycles. The molecule has 0 N–H and O–H groups in total. The summed E-state index contributed by atoms with van der Waals surface area (Å²) >= 11 is 0. The molecule has 1 aromatic rings. The Morgan fingerprint density at radius 3 is 3.11 bits per heavy atom. The molecule has 3 nitrogen and oxygen atoms in total. The summed E-state index contributed by atoms with van der Waals surface area (Å²) < 4.78 is 4.86. The lowest BCUT2D eigenvalue weighted by atomic mass is 10.5. The van der Waals surface area contributed by atoms with Crippen LogP contribution in [0.4, 0.5) is 0 Å². The maximum Gasteiger partial charge on any atom is 0.201 e. The normalized spacial score (nSPS) is 9.44. The number of hydrogen-bond donors (Lipinski definition) is 0. The fraction of sp³-hybridized carbons (Fsp3) is 0.333. The quantitative estimate of drug-likeness (QED) is 0.547. The van der Waals surface area contributed by atoms with Crippen molar-refractivity contribution in [2.75, 3.05) is 0 Å². The SMILES string of the molecule is Cc1coc(CC=O)n1. The second-order valence-corrected chi connectivity index (χ2v) is 1.75. The van der Waals surface area contributed by atoms with Gasteiger partial charge in [0.25, 0.3) is 0 Å². The van der Waals surface area contributed by atoms with Crippen molar-refractivity contribution in [3.63, 3.8) is 0 Å². The van der Waals surface area contributed by atoms with Gasteiger partial charge in [0.15, 0.2) is 0 Å². The summed E-state index contributed by atoms with van der Waals surface area (Å²) in [5, 5.41) is 0. The number of aromatic nitrogens is 1. The topological polar surface area (TPSA) is 43.1 Å². The highest BCUT2D eigenvalue weighted by atomic mass is 16.3. The Bertz CT molecular complexity index is 205. The zero-order valence-electron chi connectivity index (χ0n) is 5.13. The first-order valence-electron chi connectivity index (χ1n) is 2.67. The van der Waals surface area contributed by atoms with Crippen LogP contribution in [0.15, 0.2) is 10.7 Å². The minimum atomic E-state index is 0.272. The van der Waals surface area contributed by atoms with Crippen molar-refractivity contribution in [1.82, 2.24) is 4.98 Å². The number of aldehydes is 1. The first-order valence-corrected chi connectivity index (χ1v) is 2.67. The fourth-order valence-electron chi connectivity index (χ4n) is 0.568. The Morgan fingerprint density at radius 1 is 1.89 bits per heavy atom. The predicted molar refractivity (Wildman–Crippen MR) is 31.0 cm³/mol. The molecule has 9 heavy (non-hydrogen) atoms. The minimum absolute atomic E-state index is 0.272. The van der Waals surface area contributed by atoms with Crippen LogP contribution in [0.25, 0.3) is 0 Å². The molecular weight excluding hydrogens is 118 g/mol. The lowest BCUT2D eigenvalue weighted by molar-refractivity contribution is -0.107. The Labute approximate surface area is 52.7 Å². The Balaban J connectivity index is 2.72. The maximum atomic E-state index is 9.88. The van der Waals surface area contributed by atoms with Crippen LogP contribution in [0.3, 0.4) is 0 Å². The number of carbonyl (C=O) groups is 1. The molecule has 0 radical (unpaired) electrons. The van der Waals surface area contributed by atoms with E-state index in [0.29, 0.717) is 5.89 Å². The predicted octanol–water partition coefficient (Wildman–Crippen LogP) is 0.724. The van der Waals surface area contributed by atoms with Gasteiger partial charge in [-0.3, -0.25) is 0 Å². The molecule has 0 atom stereocenters. The van der Waals surface area contributed by atoms with Gasteiger partial charge in [-0.15, -0.1) is 0 Å². The summed E-state index contributed by atoms with van der Waals surface area (Å²) in [6.45, 7) is 1.82. The number of rotatable bonds is 2. The van der Waals surface area contributed by atoms with E-state index < -0.39 is 0 Å². The number of hydrogen-bond acceptors (Lipinski definition) is 3. The molecule has 3 heteroatoms. The molecule has 0 aliphatic heterocycles. The van der Waals surface area contributed by atoms with Crippen LogP contribution in [0.1, 0.15) is 11.6 Å². The van der Waals surface area contributed by atoms with Gasteiger partial charge in [0, 0.05) is 0 Å². The molecule has 1 rings (SSSR count). The van der Waals surface area contributed by atoms with Gasteiger partial charge in [-0.05, 0) is 6.92 Å². The molecule has 0 aliphatic carbocycles. The van der Waals surface area contributed by atoms with Gasteiger partial charge in [-0.1, -0.05) is 0 Å². The molecule has 0 aromatic carbocycles. The first kappa shape index (κ1) is 6.01. The van der Waals surface area contributed by atoms with E-state index in [1.807, 2.05) is 6.92 Å². The van der Waals surface area contributed by atoms with E-state index in [9.17, 15) is 4.79 Å². The van der Waals surface area contributed by atoms with Gasteiger partial charge in [-0.2, -0.15) is 0 Å². The fourth-order valence-corrected chi connectivity index (χ4v) is 0.568. The number of aryl methyl sites for hydroxylation is 1. The van der Waals surface area contributed by atoms with Crippen LogP contribution < -0.4 is 0 Å². The van der Waals surface area contributed by atoms with Crippen LogP contribution in [0.2, 0.25) is 0 Å². The van der Waals surface area contributed by atoms with Crippen LogP contribution in [-0.2, 0) is 11.2 Å². The zero-order chi connectivity index (χ0) is 6.69. The smallest absolute Gasteiger partial charge is 0.201 e. The van der Waals surface area contributed by atoms with E-state index in [1.165, 1.54) is 6.26 Å². The molecule has 0 spiro atoms. The molecule has 0 bridgehead atoms. The van der Waals surface area contributed by atoms with E-state index in [1.54, 1.807) is 0 Å². The van der Waals surface area contributed by atoms with Gasteiger partial charge in [0.2, 0.25) is 5.89 Å². The molecule has 0 fully saturated rings. The van der Waals surface area contributed by atoms with Crippen molar-refractivity contribution in [3.05, 3.63) is 17.8 Å². The first-order chi connectivity index (χ1) is 4.33. The van der Waals surface area contributed by atoms with Crippen LogP contribution in [0, 0.1) is 6.92 Å². The van der Waals surface area contributed by atoms with Crippen molar-refractivity contribution >= 4 is 6.29 Å². The van der Waals surface area contributed by atoms with E-state index in [-0.39, 0.29) is 6.42 Å². The standard InChI is InChI=1S/C6H7NO2/c1-5-4-9-6(7-5)2-3-8/h3-4H,2H2,1H3. The van der Waals surface area contributed by atoms with Crippen molar-refractivity contribution in [1.29, 1.82) is 0 Å². The van der Waals surface area contributed by atoms with Crippen LogP contribution in [-0.4, -0.2) is 11.3 Å². The highest BCUT2D eigenvalue weighted by Crippen LogP contribution is 1.98. The Morgan fingerprint density at radius 2 is 2.67 bits per heavy atom. The van der Waals surface area contributed by atoms with E-state index in [0.717, 1.165) is 12.0 Å². The van der Waals surface area contributed by atoms with E-state index >= 15 is 0 Å². The highest BCUT2D eigenvalue weighted by Gasteiger charge is 1.96. The van der Waals surface area contributed by atoms with Gasteiger partial charge >= 0.3 is 0 Å². The van der Waals surface area contributed by atoms with Crippen molar-refractivity contribution < 1.29 is 9.21 Å². The van der Waals surface area contributed by atoms with Crippen LogP contribution >= 0.6 is 0 Å². The molecule has 0 amide bonds. The van der Waals surface area contributed by atoms with Gasteiger partial charge in [0.1, 0.15) is 12.5 Å². The number of carbonyl (C=O) groups excluding carboxylic acids is 1. The average molecular weight is 125 g/mol. The third-order valence-corrected chi connectivity index (χ3v) is 0.925. The minimum Gasteiger partial charge on any atom is -0.448 e. The van der Waals surface area contributed by atoms with E-state index in [2.05, 4.69) is 4.98 Å². The van der Waals surface area contributed by atoms with Crippen molar-refractivity contribution in [3.8, 4) is 0 Å². The van der Waals surface area contributed by atoms with Crippen molar-refractivity contribution in [2.24, 2.45) is 0 Å². The molecule has 0 aliphatic rings. The summed E-state index contributed by atoms with van der Waals surface area (Å²) in [4.78, 5) is 13.8. The van der Waals surface area contributed by atoms with Crippen molar-refractivity contribution in [2.45, 2.75) is 13.3 Å². The summed E-state index contributed by atoms with van der Waals surface area (Å²) in [5.74, 6) is 0.488. The summed E-state index contributed by atoms with van der Waals surface area (Å²) in [6.07, 6.45) is 2.57. The third kappa shape index (κ3) is 1.38. The highest BCUT2D eigenvalue weighted by molar-refractivity contribution is 5.52. The van der Waals surface area contributed by atoms with Gasteiger partial charge < -0.3 is 9.21 Å². The maximum absolute atomic E-state index is 9.88. The molecule has 0 saturated heterocycles. The van der Waals surface area contributed by atoms with Crippen LogP contribution in [0.5, 0.6) is 0 Å². The molecule has 1 heterocycles. The van der Waals surface area contributed by atoms with E-state index in [4.69, 9.17) is 4.42 Å². The number of oxazole rings is 1. The Hall–Kier alpha value is -1.12. The summed E-state index contributed by atoms with van der Waals surface area (Å²) in [6, 6.07) is 0. The molecular formula is C6H7NO2. The molecule has 1 aromatic heterocycles. The zero-order valence-corrected chi connectivity index (χ0v) is 5.13. The average Bonchev–Trinajstić information content (AvgIpc) is 2.17. The molecule has 48 valence electrons.